The van der Waals surface area contributed by atoms with E-state index < -0.39 is 0 Å². The van der Waals surface area contributed by atoms with Gasteiger partial charge in [0.15, 0.2) is 5.82 Å². The van der Waals surface area contributed by atoms with Crippen LogP contribution in [0.1, 0.15) is 31.0 Å². The predicted octanol–water partition coefficient (Wildman–Crippen LogP) is 2.27. The highest BCUT2D eigenvalue weighted by molar-refractivity contribution is 5.77. The first kappa shape index (κ1) is 21.7. The van der Waals surface area contributed by atoms with E-state index in [2.05, 4.69) is 10.1 Å². The summed E-state index contributed by atoms with van der Waals surface area (Å²) in [5, 5.41) is 4.19. The molecule has 0 saturated carbocycles. The SMILES string of the molecule is COCCOCC(=O)N1CCC(Oc2ccccc2-c2nc(C3CCOCC3)no2)C1. The van der Waals surface area contributed by atoms with Crippen LogP contribution in [0.4, 0.5) is 0 Å². The highest BCUT2D eigenvalue weighted by Crippen LogP contribution is 2.33. The normalized spacial score (nSPS) is 19.6. The Kier molecular flexibility index (Phi) is 7.50. The zero-order chi connectivity index (χ0) is 21.5. The van der Waals surface area contributed by atoms with E-state index in [-0.39, 0.29) is 24.5 Å². The molecule has 9 nitrogen and oxygen atoms in total. The number of aromatic nitrogens is 2. The molecule has 1 amide bonds. The minimum Gasteiger partial charge on any atom is -0.488 e. The number of para-hydroxylation sites is 1. The Labute approximate surface area is 181 Å². The Hall–Kier alpha value is -2.49. The number of rotatable bonds is 9. The lowest BCUT2D eigenvalue weighted by atomic mass is 10.00. The molecule has 31 heavy (non-hydrogen) atoms. The Balaban J connectivity index is 1.36. The zero-order valence-electron chi connectivity index (χ0n) is 17.8. The Morgan fingerprint density at radius 3 is 2.87 bits per heavy atom. The van der Waals surface area contributed by atoms with E-state index in [4.69, 9.17) is 23.5 Å². The van der Waals surface area contributed by atoms with Crippen molar-refractivity contribution in [3.63, 3.8) is 0 Å². The van der Waals surface area contributed by atoms with Crippen molar-refractivity contribution in [3.05, 3.63) is 30.1 Å². The smallest absolute Gasteiger partial charge is 0.261 e. The van der Waals surface area contributed by atoms with Crippen molar-refractivity contribution in [3.8, 4) is 17.2 Å². The first-order chi connectivity index (χ1) is 15.2. The van der Waals surface area contributed by atoms with Gasteiger partial charge in [-0.3, -0.25) is 4.79 Å². The number of benzene rings is 1. The van der Waals surface area contributed by atoms with E-state index in [0.29, 0.717) is 37.9 Å². The molecule has 0 N–H and O–H groups in total. The van der Waals surface area contributed by atoms with E-state index in [9.17, 15) is 4.79 Å². The van der Waals surface area contributed by atoms with Gasteiger partial charge in [0.05, 0.1) is 25.3 Å². The molecule has 0 radical (unpaired) electrons. The molecule has 0 aliphatic carbocycles. The van der Waals surface area contributed by atoms with Crippen molar-refractivity contribution in [1.82, 2.24) is 15.0 Å². The van der Waals surface area contributed by atoms with Gasteiger partial charge in [0.25, 0.3) is 5.89 Å². The Morgan fingerprint density at radius 2 is 2.03 bits per heavy atom. The number of ether oxygens (including phenoxy) is 4. The van der Waals surface area contributed by atoms with Gasteiger partial charge in [-0.1, -0.05) is 17.3 Å². The van der Waals surface area contributed by atoms with Gasteiger partial charge in [-0.15, -0.1) is 0 Å². The average Bonchev–Trinajstić information content (AvgIpc) is 3.48. The number of likely N-dealkylation sites (tertiary alicyclic amines) is 1. The fraction of sp³-hybridized carbons (Fsp3) is 0.591. The van der Waals surface area contributed by atoms with Gasteiger partial charge in [-0.25, -0.2) is 0 Å². The van der Waals surface area contributed by atoms with Crippen molar-refractivity contribution >= 4 is 5.91 Å². The van der Waals surface area contributed by atoms with Gasteiger partial charge in [-0.2, -0.15) is 4.98 Å². The molecule has 3 heterocycles. The van der Waals surface area contributed by atoms with Gasteiger partial charge < -0.3 is 28.4 Å². The summed E-state index contributed by atoms with van der Waals surface area (Å²) in [6, 6.07) is 7.64. The predicted molar refractivity (Wildman–Crippen MR) is 111 cm³/mol. The molecule has 2 saturated heterocycles. The zero-order valence-corrected chi connectivity index (χ0v) is 17.8. The molecule has 2 fully saturated rings. The Morgan fingerprint density at radius 1 is 1.19 bits per heavy atom. The second kappa shape index (κ2) is 10.7. The number of nitrogens with zero attached hydrogens (tertiary/aromatic N) is 3. The minimum atomic E-state index is -0.0954. The summed E-state index contributed by atoms with van der Waals surface area (Å²) in [7, 11) is 1.60. The van der Waals surface area contributed by atoms with Crippen molar-refractivity contribution in [1.29, 1.82) is 0 Å². The summed E-state index contributed by atoms with van der Waals surface area (Å²) in [5.74, 6) is 2.09. The molecule has 1 unspecified atom stereocenters. The number of carbonyl (C=O) groups is 1. The second-order valence-corrected chi connectivity index (χ2v) is 7.75. The summed E-state index contributed by atoms with van der Waals surface area (Å²) in [4.78, 5) is 18.7. The summed E-state index contributed by atoms with van der Waals surface area (Å²) in [6.45, 7) is 3.56. The first-order valence-electron chi connectivity index (χ1n) is 10.8. The molecular weight excluding hydrogens is 402 g/mol. The number of amides is 1. The summed E-state index contributed by atoms with van der Waals surface area (Å²) >= 11 is 0. The number of carbonyl (C=O) groups excluding carboxylic acids is 1. The minimum absolute atomic E-state index is 0.0338. The van der Waals surface area contributed by atoms with E-state index in [0.717, 1.165) is 43.9 Å². The van der Waals surface area contributed by atoms with Crippen molar-refractivity contribution in [2.75, 3.05) is 53.2 Å². The number of hydrogen-bond acceptors (Lipinski definition) is 8. The van der Waals surface area contributed by atoms with Crippen molar-refractivity contribution < 1.29 is 28.3 Å². The summed E-state index contributed by atoms with van der Waals surface area (Å²) < 4.78 is 27.5. The third kappa shape index (κ3) is 5.61. The van der Waals surface area contributed by atoms with E-state index >= 15 is 0 Å². The van der Waals surface area contributed by atoms with Crippen LogP contribution in [0.2, 0.25) is 0 Å². The van der Waals surface area contributed by atoms with Crippen LogP contribution in [-0.4, -0.2) is 80.3 Å². The lowest BCUT2D eigenvalue weighted by molar-refractivity contribution is -0.135. The van der Waals surface area contributed by atoms with E-state index in [1.807, 2.05) is 24.3 Å². The molecule has 1 aromatic heterocycles. The lowest BCUT2D eigenvalue weighted by Crippen LogP contribution is -2.34. The molecule has 0 spiro atoms. The highest BCUT2D eigenvalue weighted by Gasteiger charge is 2.29. The molecule has 4 rings (SSSR count). The fourth-order valence-corrected chi connectivity index (χ4v) is 3.84. The van der Waals surface area contributed by atoms with Crippen LogP contribution in [0.25, 0.3) is 11.5 Å². The van der Waals surface area contributed by atoms with Gasteiger partial charge in [0.1, 0.15) is 18.5 Å². The van der Waals surface area contributed by atoms with Crippen molar-refractivity contribution in [2.24, 2.45) is 0 Å². The maximum absolute atomic E-state index is 12.3. The van der Waals surface area contributed by atoms with E-state index in [1.54, 1.807) is 12.0 Å². The summed E-state index contributed by atoms with van der Waals surface area (Å²) in [5.41, 5.74) is 0.765. The molecule has 1 aromatic carbocycles. The van der Waals surface area contributed by atoms with Crippen LogP contribution in [0.3, 0.4) is 0 Å². The second-order valence-electron chi connectivity index (χ2n) is 7.75. The number of methoxy groups -OCH3 is 1. The average molecular weight is 431 g/mol. The number of hydrogen-bond donors (Lipinski definition) is 0. The van der Waals surface area contributed by atoms with Crippen LogP contribution in [0, 0.1) is 0 Å². The molecule has 1 atom stereocenters. The third-order valence-electron chi connectivity index (χ3n) is 5.59. The van der Waals surface area contributed by atoms with Crippen LogP contribution >= 0.6 is 0 Å². The maximum Gasteiger partial charge on any atom is 0.261 e. The molecule has 0 bridgehead atoms. The van der Waals surface area contributed by atoms with Gasteiger partial charge in [0, 0.05) is 39.2 Å². The molecule has 2 aliphatic heterocycles. The fourth-order valence-electron chi connectivity index (χ4n) is 3.84. The van der Waals surface area contributed by atoms with Crippen LogP contribution in [0.5, 0.6) is 5.75 Å². The van der Waals surface area contributed by atoms with Gasteiger partial charge >= 0.3 is 0 Å². The molecule has 9 heteroatoms. The standard InChI is InChI=1S/C22H29N3O6/c1-27-12-13-29-15-20(26)25-9-6-17(14-25)30-19-5-3-2-4-18(19)22-23-21(24-31-22)16-7-10-28-11-8-16/h2-5,16-17H,6-15H2,1H3. The van der Waals surface area contributed by atoms with Crippen LogP contribution in [-0.2, 0) is 19.0 Å². The lowest BCUT2D eigenvalue weighted by Gasteiger charge is -2.18. The molecule has 2 aromatic rings. The molecular formula is C22H29N3O6. The Bertz CT molecular complexity index is 851. The highest BCUT2D eigenvalue weighted by atomic mass is 16.5. The quantitative estimate of drug-likeness (QED) is 0.558. The monoisotopic (exact) mass is 431 g/mol. The first-order valence-corrected chi connectivity index (χ1v) is 10.8. The molecule has 2 aliphatic rings. The van der Waals surface area contributed by atoms with Gasteiger partial charge in [-0.05, 0) is 25.0 Å². The van der Waals surface area contributed by atoms with Crippen LogP contribution in [0.15, 0.2) is 28.8 Å². The van der Waals surface area contributed by atoms with Crippen LogP contribution < -0.4 is 4.74 Å². The molecule has 168 valence electrons. The topological polar surface area (TPSA) is 96.2 Å². The third-order valence-corrected chi connectivity index (χ3v) is 5.59. The van der Waals surface area contributed by atoms with Gasteiger partial charge in [0.2, 0.25) is 5.91 Å². The maximum atomic E-state index is 12.3. The largest absolute Gasteiger partial charge is 0.488 e. The van der Waals surface area contributed by atoms with E-state index in [1.165, 1.54) is 0 Å². The van der Waals surface area contributed by atoms with Crippen molar-refractivity contribution in [2.45, 2.75) is 31.3 Å². The summed E-state index contributed by atoms with van der Waals surface area (Å²) in [6.07, 6.45) is 2.47.